The summed E-state index contributed by atoms with van der Waals surface area (Å²) in [5, 5.41) is 13.9. The fourth-order valence-corrected chi connectivity index (χ4v) is 5.79. The van der Waals surface area contributed by atoms with Crippen molar-refractivity contribution in [1.82, 2.24) is 25.3 Å². The Balaban J connectivity index is 1.16. The molecular formula is C36H30F3N7O2S. The maximum Gasteiger partial charge on any atom is 0.573 e. The van der Waals surface area contributed by atoms with Crippen LogP contribution in [0, 0.1) is 20.8 Å². The highest BCUT2D eigenvalue weighted by Crippen LogP contribution is 2.31. The molecule has 0 saturated heterocycles. The normalized spacial score (nSPS) is 12.1. The molecule has 6 rings (SSSR count). The number of ether oxygens (including phenoxy) is 1. The van der Waals surface area contributed by atoms with Crippen LogP contribution in [-0.2, 0) is 5.75 Å². The molecule has 248 valence electrons. The van der Waals surface area contributed by atoms with E-state index in [0.717, 1.165) is 50.5 Å². The van der Waals surface area contributed by atoms with Gasteiger partial charge in [0.1, 0.15) is 23.5 Å². The number of nitrogens with one attached hydrogen (secondary N) is 1. The molecule has 0 saturated carbocycles. The Morgan fingerprint density at radius 2 is 1.61 bits per heavy atom. The van der Waals surface area contributed by atoms with Gasteiger partial charge in [-0.25, -0.2) is 14.7 Å². The fourth-order valence-electron chi connectivity index (χ4n) is 4.90. The molecule has 13 heteroatoms. The second kappa shape index (κ2) is 14.6. The van der Waals surface area contributed by atoms with Gasteiger partial charge in [0.25, 0.3) is 0 Å². The Morgan fingerprint density at radius 3 is 2.31 bits per heavy atom. The van der Waals surface area contributed by atoms with Gasteiger partial charge in [0.15, 0.2) is 11.0 Å². The first-order valence-electron chi connectivity index (χ1n) is 15.1. The van der Waals surface area contributed by atoms with Crippen LogP contribution < -0.4 is 10.2 Å². The Bertz CT molecular complexity index is 2070. The standard InChI is InChI=1S/C36H30F3N7O2S/c1-23-8-7-9-24(2)32(23)42-35(49-21-31-25(3)48-45-33(31)27-10-5-4-6-11-27)43-41-20-26-12-14-28(15-13-26)34-40-22-46(44-34)29-16-18-30(19-17-29)47-36(37,38)39/h4-20,22H,21H2,1-3H3,(H,42,43)/b41-20-. The second-order valence-electron chi connectivity index (χ2n) is 10.9. The zero-order chi connectivity index (χ0) is 34.4. The number of rotatable bonds is 9. The van der Waals surface area contributed by atoms with E-state index in [-0.39, 0.29) is 5.75 Å². The highest BCUT2D eigenvalue weighted by Gasteiger charge is 2.31. The van der Waals surface area contributed by atoms with E-state index < -0.39 is 6.36 Å². The number of hydrogen-bond donors (Lipinski definition) is 1. The number of aryl methyl sites for hydroxylation is 3. The molecule has 9 nitrogen and oxygen atoms in total. The lowest BCUT2D eigenvalue weighted by Gasteiger charge is -2.09. The number of amidine groups is 1. The largest absolute Gasteiger partial charge is 0.573 e. The first-order chi connectivity index (χ1) is 23.6. The molecule has 0 bridgehead atoms. The van der Waals surface area contributed by atoms with Gasteiger partial charge in [0.2, 0.25) is 0 Å². The molecule has 0 spiro atoms. The number of para-hydroxylation sites is 1. The first kappa shape index (κ1) is 33.2. The number of halogens is 3. The molecule has 0 aliphatic carbocycles. The minimum atomic E-state index is -4.75. The van der Waals surface area contributed by atoms with Gasteiger partial charge in [0, 0.05) is 22.4 Å². The summed E-state index contributed by atoms with van der Waals surface area (Å²) in [4.78, 5) is 9.30. The molecule has 6 aromatic rings. The van der Waals surface area contributed by atoms with E-state index in [9.17, 15) is 13.2 Å². The molecule has 4 aromatic carbocycles. The van der Waals surface area contributed by atoms with Gasteiger partial charge in [-0.3, -0.25) is 5.43 Å². The molecule has 0 amide bonds. The zero-order valence-electron chi connectivity index (χ0n) is 26.6. The summed E-state index contributed by atoms with van der Waals surface area (Å²) in [6, 6.07) is 28.8. The Labute approximate surface area is 284 Å². The van der Waals surface area contributed by atoms with Gasteiger partial charge in [-0.2, -0.15) is 5.10 Å². The van der Waals surface area contributed by atoms with Gasteiger partial charge >= 0.3 is 6.36 Å². The Morgan fingerprint density at radius 1 is 0.898 bits per heavy atom. The van der Waals surface area contributed by atoms with Crippen LogP contribution in [0.25, 0.3) is 28.3 Å². The molecule has 2 heterocycles. The number of hydrogen-bond acceptors (Lipinski definition) is 8. The van der Waals surface area contributed by atoms with Crippen LogP contribution in [0.5, 0.6) is 5.75 Å². The predicted octanol–water partition coefficient (Wildman–Crippen LogP) is 8.96. The monoisotopic (exact) mass is 681 g/mol. The summed E-state index contributed by atoms with van der Waals surface area (Å²) in [6.45, 7) is 5.96. The number of thioether (sulfide) groups is 1. The van der Waals surface area contributed by atoms with Gasteiger partial charge in [-0.15, -0.1) is 18.3 Å². The molecule has 0 aliphatic heterocycles. The van der Waals surface area contributed by atoms with Gasteiger partial charge in [-0.05, 0) is 61.7 Å². The number of hydrazone groups is 1. The van der Waals surface area contributed by atoms with E-state index >= 15 is 0 Å². The second-order valence-corrected chi connectivity index (χ2v) is 11.9. The van der Waals surface area contributed by atoms with Crippen LogP contribution in [0.1, 0.15) is 28.0 Å². The molecule has 0 unspecified atom stereocenters. The lowest BCUT2D eigenvalue weighted by molar-refractivity contribution is -0.274. The summed E-state index contributed by atoms with van der Waals surface area (Å²) in [5.41, 5.74) is 11.0. The highest BCUT2D eigenvalue weighted by molar-refractivity contribution is 8.13. The summed E-state index contributed by atoms with van der Waals surface area (Å²) in [7, 11) is 0. The lowest BCUT2D eigenvalue weighted by atomic mass is 10.1. The minimum Gasteiger partial charge on any atom is -0.406 e. The van der Waals surface area contributed by atoms with Gasteiger partial charge in [0.05, 0.1) is 17.6 Å². The molecule has 49 heavy (non-hydrogen) atoms. The fraction of sp³-hybridized carbons (Fsp3) is 0.139. The molecular weight excluding hydrogens is 652 g/mol. The summed E-state index contributed by atoms with van der Waals surface area (Å²) in [5.74, 6) is 1.45. The average Bonchev–Trinajstić information content (AvgIpc) is 3.72. The van der Waals surface area contributed by atoms with Crippen molar-refractivity contribution in [2.45, 2.75) is 32.9 Å². The van der Waals surface area contributed by atoms with Gasteiger partial charge < -0.3 is 9.26 Å². The van der Waals surface area contributed by atoms with Crippen LogP contribution in [0.2, 0.25) is 0 Å². The van der Waals surface area contributed by atoms with Crippen molar-refractivity contribution in [3.63, 3.8) is 0 Å². The van der Waals surface area contributed by atoms with Crippen LogP contribution in [0.4, 0.5) is 18.9 Å². The van der Waals surface area contributed by atoms with Crippen LogP contribution >= 0.6 is 11.8 Å². The number of benzene rings is 4. The Kier molecular flexibility index (Phi) is 9.90. The molecule has 0 radical (unpaired) electrons. The molecule has 0 aliphatic rings. The molecule has 2 aromatic heterocycles. The van der Waals surface area contributed by atoms with Crippen molar-refractivity contribution >= 4 is 28.8 Å². The Hall–Kier alpha value is -5.69. The zero-order valence-corrected chi connectivity index (χ0v) is 27.5. The molecule has 1 N–H and O–H groups in total. The van der Waals surface area contributed by atoms with Crippen LogP contribution in [-0.4, -0.2) is 37.7 Å². The summed E-state index contributed by atoms with van der Waals surface area (Å²) >= 11 is 1.50. The van der Waals surface area contributed by atoms with E-state index in [0.29, 0.717) is 22.4 Å². The highest BCUT2D eigenvalue weighted by atomic mass is 32.2. The number of aromatic nitrogens is 4. The van der Waals surface area contributed by atoms with Crippen molar-refractivity contribution in [2.24, 2.45) is 10.1 Å². The van der Waals surface area contributed by atoms with Crippen molar-refractivity contribution in [1.29, 1.82) is 0 Å². The lowest BCUT2D eigenvalue weighted by Crippen LogP contribution is -2.17. The predicted molar refractivity (Wildman–Crippen MR) is 185 cm³/mol. The quantitative estimate of drug-likeness (QED) is 0.0923. The topological polar surface area (TPSA) is 103 Å². The smallest absolute Gasteiger partial charge is 0.406 e. The van der Waals surface area contributed by atoms with Crippen LogP contribution in [0.3, 0.4) is 0 Å². The summed E-state index contributed by atoms with van der Waals surface area (Å²) in [6.07, 6.45) is -1.57. The van der Waals surface area contributed by atoms with E-state index in [1.54, 1.807) is 6.21 Å². The van der Waals surface area contributed by atoms with E-state index in [4.69, 9.17) is 9.52 Å². The van der Waals surface area contributed by atoms with Gasteiger partial charge in [-0.1, -0.05) is 89.7 Å². The van der Waals surface area contributed by atoms with Crippen molar-refractivity contribution in [3.8, 4) is 34.1 Å². The van der Waals surface area contributed by atoms with E-state index in [2.05, 4.69) is 30.5 Å². The number of nitrogens with zero attached hydrogens (tertiary/aromatic N) is 6. The third-order valence-electron chi connectivity index (χ3n) is 7.41. The molecule has 0 atom stereocenters. The summed E-state index contributed by atoms with van der Waals surface area (Å²) < 4.78 is 48.4. The average molecular weight is 682 g/mol. The first-order valence-corrected chi connectivity index (χ1v) is 16.1. The van der Waals surface area contributed by atoms with E-state index in [1.807, 2.05) is 93.6 Å². The van der Waals surface area contributed by atoms with E-state index in [1.165, 1.54) is 47.0 Å². The third kappa shape index (κ3) is 8.43. The third-order valence-corrected chi connectivity index (χ3v) is 8.30. The van der Waals surface area contributed by atoms with Crippen molar-refractivity contribution in [2.75, 3.05) is 0 Å². The van der Waals surface area contributed by atoms with Crippen LogP contribution in [0.15, 0.2) is 118 Å². The maximum absolute atomic E-state index is 12.5. The SMILES string of the molecule is Cc1cccc(C)c1N=C(N/N=C\c1ccc(-c2ncn(-c3ccc(OC(F)(F)F)cc3)n2)cc1)SCc1c(-c2ccccc2)noc1C. The molecule has 0 fully saturated rings. The maximum atomic E-state index is 12.5. The number of alkyl halides is 3. The van der Waals surface area contributed by atoms with Crippen molar-refractivity contribution in [3.05, 3.63) is 131 Å². The number of aliphatic imine (C=N–C) groups is 1. The van der Waals surface area contributed by atoms with Crippen molar-refractivity contribution < 1.29 is 22.4 Å². The minimum absolute atomic E-state index is 0.312.